The maximum Gasteiger partial charge on any atom is 0.338 e. The van der Waals surface area contributed by atoms with Crippen molar-refractivity contribution >= 4 is 46.1 Å². The second kappa shape index (κ2) is 12.4. The van der Waals surface area contributed by atoms with Crippen LogP contribution in [0.4, 0.5) is 17.1 Å². The van der Waals surface area contributed by atoms with Crippen molar-refractivity contribution in [3.8, 4) is 0 Å². The quantitative estimate of drug-likeness (QED) is 0.282. The van der Waals surface area contributed by atoms with Crippen LogP contribution in [0.15, 0.2) is 72.8 Å². The zero-order valence-electron chi connectivity index (χ0n) is 22.8. The van der Waals surface area contributed by atoms with Gasteiger partial charge in [-0.15, -0.1) is 0 Å². The summed E-state index contributed by atoms with van der Waals surface area (Å²) in [6, 6.07) is 22.3. The maximum absolute atomic E-state index is 13.2. The molecule has 0 aromatic heterocycles. The summed E-state index contributed by atoms with van der Waals surface area (Å²) >= 11 is 0. The standard InChI is InChI=1S/C31H34N4O4/c1-5-27(36)35(19-18-34(3)4)24-15-13-23(14-16-24)32-29(21-10-8-7-9-11-21)28-25-17-12-22(31(38)39-6-2)20-26(25)33-30(28)37/h7-17,20,32H,5-6,18-19H2,1-4H3,(H,33,37)/b29-28-. The lowest BCUT2D eigenvalue weighted by Gasteiger charge is -2.24. The van der Waals surface area contributed by atoms with Gasteiger partial charge in [-0.3, -0.25) is 9.59 Å². The molecule has 3 aromatic carbocycles. The first-order valence-electron chi connectivity index (χ1n) is 13.1. The third kappa shape index (κ3) is 6.35. The van der Waals surface area contributed by atoms with E-state index < -0.39 is 5.97 Å². The number of anilines is 3. The summed E-state index contributed by atoms with van der Waals surface area (Å²) in [4.78, 5) is 41.9. The number of ether oxygens (including phenoxy) is 1. The van der Waals surface area contributed by atoms with E-state index in [9.17, 15) is 14.4 Å². The molecule has 2 amide bonds. The number of nitrogens with one attached hydrogen (secondary N) is 2. The minimum atomic E-state index is -0.436. The van der Waals surface area contributed by atoms with Crippen LogP contribution < -0.4 is 15.5 Å². The Balaban J connectivity index is 1.70. The molecule has 1 heterocycles. The molecule has 0 radical (unpaired) electrons. The third-order valence-corrected chi connectivity index (χ3v) is 6.41. The van der Waals surface area contributed by atoms with Crippen molar-refractivity contribution in [1.29, 1.82) is 0 Å². The lowest BCUT2D eigenvalue weighted by atomic mass is 9.99. The summed E-state index contributed by atoms with van der Waals surface area (Å²) in [6.45, 7) is 5.23. The molecule has 0 fully saturated rings. The first-order valence-corrected chi connectivity index (χ1v) is 13.1. The third-order valence-electron chi connectivity index (χ3n) is 6.41. The average Bonchev–Trinajstić information content (AvgIpc) is 3.27. The van der Waals surface area contributed by atoms with Gasteiger partial charge in [0.15, 0.2) is 0 Å². The van der Waals surface area contributed by atoms with E-state index in [1.165, 1.54) is 0 Å². The monoisotopic (exact) mass is 526 g/mol. The van der Waals surface area contributed by atoms with Crippen LogP contribution in [-0.2, 0) is 14.3 Å². The molecule has 8 heteroatoms. The minimum absolute atomic E-state index is 0.0612. The van der Waals surface area contributed by atoms with Gasteiger partial charge in [-0.25, -0.2) is 4.79 Å². The van der Waals surface area contributed by atoms with Gasteiger partial charge in [0, 0.05) is 36.4 Å². The Morgan fingerprint density at radius 1 is 0.897 bits per heavy atom. The predicted molar refractivity (Wildman–Crippen MR) is 156 cm³/mol. The highest BCUT2D eigenvalue weighted by molar-refractivity contribution is 6.37. The van der Waals surface area contributed by atoms with E-state index in [4.69, 9.17) is 4.74 Å². The molecule has 1 aliphatic rings. The molecule has 0 saturated carbocycles. The SMILES string of the molecule is CCOC(=O)c1ccc2c(c1)NC(=O)/C2=C(\Nc1ccc(N(CCN(C)C)C(=O)CC)cc1)c1ccccc1. The van der Waals surface area contributed by atoms with Gasteiger partial charge in [0.2, 0.25) is 5.91 Å². The molecule has 0 aliphatic carbocycles. The molecule has 3 aromatic rings. The van der Waals surface area contributed by atoms with E-state index in [2.05, 4.69) is 10.6 Å². The highest BCUT2D eigenvalue weighted by Gasteiger charge is 2.29. The number of carbonyl (C=O) groups excluding carboxylic acids is 3. The summed E-state index contributed by atoms with van der Waals surface area (Å²) in [5, 5.41) is 6.34. The average molecular weight is 527 g/mol. The fourth-order valence-corrected chi connectivity index (χ4v) is 4.40. The van der Waals surface area contributed by atoms with E-state index >= 15 is 0 Å². The largest absolute Gasteiger partial charge is 0.462 e. The Morgan fingerprint density at radius 2 is 1.62 bits per heavy atom. The molecular formula is C31H34N4O4. The number of benzene rings is 3. The molecule has 0 atom stereocenters. The lowest BCUT2D eigenvalue weighted by Crippen LogP contribution is -2.36. The van der Waals surface area contributed by atoms with Crippen LogP contribution >= 0.6 is 0 Å². The van der Waals surface area contributed by atoms with Crippen molar-refractivity contribution in [3.63, 3.8) is 0 Å². The Bertz CT molecular complexity index is 1380. The number of carbonyl (C=O) groups is 3. The van der Waals surface area contributed by atoms with Crippen molar-refractivity contribution in [2.75, 3.05) is 49.3 Å². The molecule has 8 nitrogen and oxygen atoms in total. The van der Waals surface area contributed by atoms with Crippen molar-refractivity contribution in [3.05, 3.63) is 89.5 Å². The molecule has 2 N–H and O–H groups in total. The highest BCUT2D eigenvalue weighted by atomic mass is 16.5. The fourth-order valence-electron chi connectivity index (χ4n) is 4.40. The number of fused-ring (bicyclic) bond motifs is 1. The van der Waals surface area contributed by atoms with E-state index in [1.807, 2.05) is 80.5 Å². The fraction of sp³-hybridized carbons (Fsp3) is 0.258. The molecule has 202 valence electrons. The first-order chi connectivity index (χ1) is 18.8. The molecule has 1 aliphatic heterocycles. The number of amides is 2. The van der Waals surface area contributed by atoms with Crippen LogP contribution in [0.1, 0.15) is 41.8 Å². The lowest BCUT2D eigenvalue weighted by molar-refractivity contribution is -0.118. The molecular weight excluding hydrogens is 492 g/mol. The van der Waals surface area contributed by atoms with Gasteiger partial charge in [0.05, 0.1) is 29.1 Å². The van der Waals surface area contributed by atoms with E-state index in [1.54, 1.807) is 30.0 Å². The smallest absolute Gasteiger partial charge is 0.338 e. The van der Waals surface area contributed by atoms with Gasteiger partial charge in [0.25, 0.3) is 5.91 Å². The van der Waals surface area contributed by atoms with Gasteiger partial charge >= 0.3 is 5.97 Å². The number of hydrogen-bond donors (Lipinski definition) is 2. The molecule has 4 rings (SSSR count). The second-order valence-electron chi connectivity index (χ2n) is 9.43. The van der Waals surface area contributed by atoms with Crippen LogP contribution in [0.3, 0.4) is 0 Å². The molecule has 0 unspecified atom stereocenters. The van der Waals surface area contributed by atoms with E-state index in [-0.39, 0.29) is 18.4 Å². The van der Waals surface area contributed by atoms with Crippen molar-refractivity contribution < 1.29 is 19.1 Å². The number of likely N-dealkylation sites (N-methyl/N-ethyl adjacent to an activating group) is 1. The van der Waals surface area contributed by atoms with Gasteiger partial charge in [-0.05, 0) is 63.0 Å². The second-order valence-corrected chi connectivity index (χ2v) is 9.43. The highest BCUT2D eigenvalue weighted by Crippen LogP contribution is 2.38. The molecule has 0 bridgehead atoms. The number of nitrogens with zero attached hydrogens (tertiary/aromatic N) is 2. The van der Waals surface area contributed by atoms with Crippen molar-refractivity contribution in [2.45, 2.75) is 20.3 Å². The van der Waals surface area contributed by atoms with Crippen molar-refractivity contribution in [1.82, 2.24) is 4.90 Å². The Labute approximate surface area is 229 Å². The summed E-state index contributed by atoms with van der Waals surface area (Å²) in [5.41, 5.74) is 5.16. The normalized spacial score (nSPS) is 13.5. The van der Waals surface area contributed by atoms with Gasteiger partial charge in [-0.1, -0.05) is 43.3 Å². The Hall–Kier alpha value is -4.43. The Morgan fingerprint density at radius 3 is 2.26 bits per heavy atom. The molecule has 39 heavy (non-hydrogen) atoms. The van der Waals surface area contributed by atoms with E-state index in [0.717, 1.165) is 23.5 Å². The topological polar surface area (TPSA) is 91.0 Å². The van der Waals surface area contributed by atoms with Crippen LogP contribution in [0.5, 0.6) is 0 Å². The summed E-state index contributed by atoms with van der Waals surface area (Å²) in [7, 11) is 3.96. The van der Waals surface area contributed by atoms with Crippen LogP contribution in [-0.4, -0.2) is 56.5 Å². The zero-order chi connectivity index (χ0) is 27.9. The van der Waals surface area contributed by atoms with Crippen LogP contribution in [0.2, 0.25) is 0 Å². The minimum Gasteiger partial charge on any atom is -0.462 e. The summed E-state index contributed by atoms with van der Waals surface area (Å²) in [5.74, 6) is -0.641. The van der Waals surface area contributed by atoms with Gasteiger partial charge < -0.3 is 25.2 Å². The van der Waals surface area contributed by atoms with Crippen LogP contribution in [0.25, 0.3) is 11.3 Å². The van der Waals surface area contributed by atoms with Crippen molar-refractivity contribution in [2.24, 2.45) is 0 Å². The molecule has 0 spiro atoms. The number of rotatable bonds is 10. The zero-order valence-corrected chi connectivity index (χ0v) is 22.8. The summed E-state index contributed by atoms with van der Waals surface area (Å²) in [6.07, 6.45) is 0.421. The Kier molecular flexibility index (Phi) is 8.78. The number of esters is 1. The number of hydrogen-bond acceptors (Lipinski definition) is 6. The van der Waals surface area contributed by atoms with Gasteiger partial charge in [-0.2, -0.15) is 0 Å². The maximum atomic E-state index is 13.2. The van der Waals surface area contributed by atoms with Crippen LogP contribution in [0, 0.1) is 0 Å². The first kappa shape index (κ1) is 27.6. The van der Waals surface area contributed by atoms with E-state index in [0.29, 0.717) is 41.1 Å². The van der Waals surface area contributed by atoms with Gasteiger partial charge in [0.1, 0.15) is 0 Å². The molecule has 0 saturated heterocycles. The summed E-state index contributed by atoms with van der Waals surface area (Å²) < 4.78 is 5.11. The predicted octanol–water partition coefficient (Wildman–Crippen LogP) is 5.10.